The van der Waals surface area contributed by atoms with E-state index in [4.69, 9.17) is 4.74 Å². The minimum Gasteiger partial charge on any atom is -0.481 e. The average Bonchev–Trinajstić information content (AvgIpc) is 2.79. The number of carbonyl (C=O) groups is 2. The SMILES string of the molecule is CCCCCCCCC(CCCCC)(CCCCC(C)C)OC(=O)C1CCCCC1C(=O)O. The minimum absolute atomic E-state index is 0.228. The number of carboxylic acids is 1. The first-order valence-corrected chi connectivity index (χ1v) is 14.3. The maximum Gasteiger partial charge on any atom is 0.310 e. The summed E-state index contributed by atoms with van der Waals surface area (Å²) in [5.41, 5.74) is -0.408. The standard InChI is InChI=1S/C29H54O4/c1-5-7-9-10-11-16-22-29(21-15-8-6-2,23-17-14-18-24(3)4)33-28(32)26-20-13-12-19-25(26)27(30)31/h24-26H,5-23H2,1-4H3,(H,30,31). The van der Waals surface area contributed by atoms with E-state index < -0.39 is 23.4 Å². The molecule has 0 heterocycles. The van der Waals surface area contributed by atoms with Crippen molar-refractivity contribution in [1.82, 2.24) is 0 Å². The summed E-state index contributed by atoms with van der Waals surface area (Å²) in [4.78, 5) is 25.2. The molecule has 4 heteroatoms. The molecule has 194 valence electrons. The van der Waals surface area contributed by atoms with E-state index in [1.807, 2.05) is 0 Å². The van der Waals surface area contributed by atoms with Crippen LogP contribution in [0.3, 0.4) is 0 Å². The molecule has 33 heavy (non-hydrogen) atoms. The molecule has 3 unspecified atom stereocenters. The van der Waals surface area contributed by atoms with E-state index in [-0.39, 0.29) is 5.97 Å². The summed E-state index contributed by atoms with van der Waals surface area (Å²) in [6, 6.07) is 0. The second-order valence-electron chi connectivity index (χ2n) is 11.1. The van der Waals surface area contributed by atoms with Gasteiger partial charge in [0, 0.05) is 0 Å². The van der Waals surface area contributed by atoms with E-state index in [9.17, 15) is 14.7 Å². The van der Waals surface area contributed by atoms with Crippen molar-refractivity contribution >= 4 is 11.9 Å². The lowest BCUT2D eigenvalue weighted by Crippen LogP contribution is -2.41. The summed E-state index contributed by atoms with van der Waals surface area (Å²) in [6.07, 6.45) is 20.1. The molecule has 0 aliphatic heterocycles. The van der Waals surface area contributed by atoms with Crippen LogP contribution in [0.1, 0.15) is 150 Å². The number of hydrogen-bond donors (Lipinski definition) is 1. The van der Waals surface area contributed by atoms with Crippen molar-refractivity contribution in [3.05, 3.63) is 0 Å². The third-order valence-electron chi connectivity index (χ3n) is 7.59. The third-order valence-corrected chi connectivity index (χ3v) is 7.59. The quantitative estimate of drug-likeness (QED) is 0.153. The summed E-state index contributed by atoms with van der Waals surface area (Å²) >= 11 is 0. The molecule has 1 fully saturated rings. The maximum absolute atomic E-state index is 13.4. The number of rotatable bonds is 19. The largest absolute Gasteiger partial charge is 0.481 e. The van der Waals surface area contributed by atoms with Crippen LogP contribution in [0.25, 0.3) is 0 Å². The number of unbranched alkanes of at least 4 members (excludes halogenated alkanes) is 8. The van der Waals surface area contributed by atoms with Gasteiger partial charge >= 0.3 is 11.9 Å². The highest BCUT2D eigenvalue weighted by Gasteiger charge is 2.41. The van der Waals surface area contributed by atoms with Crippen LogP contribution in [0, 0.1) is 17.8 Å². The predicted molar refractivity (Wildman–Crippen MR) is 137 cm³/mol. The molecule has 0 spiro atoms. The third kappa shape index (κ3) is 12.3. The minimum atomic E-state index is -0.832. The van der Waals surface area contributed by atoms with Gasteiger partial charge in [0.25, 0.3) is 0 Å². The van der Waals surface area contributed by atoms with Gasteiger partial charge in [0.05, 0.1) is 11.8 Å². The summed E-state index contributed by atoms with van der Waals surface area (Å²) in [6.45, 7) is 8.98. The Morgan fingerprint density at radius 2 is 1.27 bits per heavy atom. The van der Waals surface area contributed by atoms with E-state index in [0.29, 0.717) is 18.8 Å². The Morgan fingerprint density at radius 1 is 0.788 bits per heavy atom. The Kier molecular flexibility index (Phi) is 15.8. The lowest BCUT2D eigenvalue weighted by molar-refractivity contribution is -0.175. The van der Waals surface area contributed by atoms with E-state index in [0.717, 1.165) is 64.2 Å². The monoisotopic (exact) mass is 466 g/mol. The molecule has 1 saturated carbocycles. The summed E-state index contributed by atoms with van der Waals surface area (Å²) in [5.74, 6) is -1.41. The molecule has 0 aromatic rings. The summed E-state index contributed by atoms with van der Waals surface area (Å²) in [7, 11) is 0. The Hall–Kier alpha value is -1.06. The molecule has 3 atom stereocenters. The fraction of sp³-hybridized carbons (Fsp3) is 0.931. The zero-order chi connectivity index (χ0) is 24.5. The maximum atomic E-state index is 13.4. The van der Waals surface area contributed by atoms with Gasteiger partial charge in [-0.15, -0.1) is 0 Å². The Morgan fingerprint density at radius 3 is 1.85 bits per heavy atom. The second kappa shape index (κ2) is 17.4. The zero-order valence-corrected chi connectivity index (χ0v) is 22.3. The van der Waals surface area contributed by atoms with Crippen molar-refractivity contribution in [2.75, 3.05) is 0 Å². The van der Waals surface area contributed by atoms with Crippen LogP contribution in [-0.2, 0) is 14.3 Å². The predicted octanol–water partition coefficient (Wildman–Crippen LogP) is 8.71. The Balaban J connectivity index is 2.91. The summed E-state index contributed by atoms with van der Waals surface area (Å²) < 4.78 is 6.44. The van der Waals surface area contributed by atoms with Crippen molar-refractivity contribution < 1.29 is 19.4 Å². The average molecular weight is 467 g/mol. The highest BCUT2D eigenvalue weighted by Crippen LogP contribution is 2.37. The van der Waals surface area contributed by atoms with E-state index in [2.05, 4.69) is 27.7 Å². The number of ether oxygens (including phenoxy) is 1. The van der Waals surface area contributed by atoms with Crippen LogP contribution in [-0.4, -0.2) is 22.6 Å². The molecule has 0 amide bonds. The van der Waals surface area contributed by atoms with Gasteiger partial charge in [0.15, 0.2) is 0 Å². The van der Waals surface area contributed by atoms with Gasteiger partial charge in [0.1, 0.15) is 5.60 Å². The molecule has 0 saturated heterocycles. The molecule has 0 aromatic heterocycles. The smallest absolute Gasteiger partial charge is 0.310 e. The van der Waals surface area contributed by atoms with Crippen molar-refractivity contribution in [3.63, 3.8) is 0 Å². The number of carboxylic acid groups (broad SMARTS) is 1. The number of esters is 1. The van der Waals surface area contributed by atoms with Crippen molar-refractivity contribution in [1.29, 1.82) is 0 Å². The fourth-order valence-corrected chi connectivity index (χ4v) is 5.45. The van der Waals surface area contributed by atoms with Crippen LogP contribution >= 0.6 is 0 Å². The van der Waals surface area contributed by atoms with Crippen molar-refractivity contribution in [2.24, 2.45) is 17.8 Å². The van der Waals surface area contributed by atoms with E-state index >= 15 is 0 Å². The highest BCUT2D eigenvalue weighted by atomic mass is 16.6. The van der Waals surface area contributed by atoms with Gasteiger partial charge < -0.3 is 9.84 Å². The first-order valence-electron chi connectivity index (χ1n) is 14.3. The lowest BCUT2D eigenvalue weighted by Gasteiger charge is -2.37. The van der Waals surface area contributed by atoms with Crippen molar-refractivity contribution in [3.8, 4) is 0 Å². The molecule has 1 rings (SSSR count). The Bertz CT molecular complexity index is 530. The number of carbonyl (C=O) groups excluding carboxylic acids is 1. The molecule has 0 bridgehead atoms. The second-order valence-corrected chi connectivity index (χ2v) is 11.1. The highest BCUT2D eigenvalue weighted by molar-refractivity contribution is 5.81. The molecule has 0 aromatic carbocycles. The topological polar surface area (TPSA) is 63.6 Å². The van der Waals surface area contributed by atoms with Gasteiger partial charge in [0.2, 0.25) is 0 Å². The molecule has 4 nitrogen and oxygen atoms in total. The first kappa shape index (κ1) is 30.0. The van der Waals surface area contributed by atoms with Crippen molar-refractivity contribution in [2.45, 2.75) is 155 Å². The number of aliphatic carboxylic acids is 1. The Labute approximate surface area is 204 Å². The van der Waals surface area contributed by atoms with Crippen LogP contribution in [0.2, 0.25) is 0 Å². The summed E-state index contributed by atoms with van der Waals surface area (Å²) in [5, 5.41) is 9.69. The van der Waals surface area contributed by atoms with Gasteiger partial charge in [-0.3, -0.25) is 9.59 Å². The fourth-order valence-electron chi connectivity index (χ4n) is 5.45. The van der Waals surface area contributed by atoms with Gasteiger partial charge in [-0.2, -0.15) is 0 Å². The first-order chi connectivity index (χ1) is 15.8. The molecular formula is C29H54O4. The lowest BCUT2D eigenvalue weighted by atomic mass is 9.78. The molecular weight excluding hydrogens is 412 g/mol. The normalized spacial score (nSPS) is 20.5. The molecule has 0 radical (unpaired) electrons. The van der Waals surface area contributed by atoms with E-state index in [1.165, 1.54) is 44.9 Å². The van der Waals surface area contributed by atoms with Crippen LogP contribution in [0.5, 0.6) is 0 Å². The molecule has 1 N–H and O–H groups in total. The van der Waals surface area contributed by atoms with Gasteiger partial charge in [-0.25, -0.2) is 0 Å². The zero-order valence-electron chi connectivity index (χ0n) is 22.3. The van der Waals surface area contributed by atoms with Gasteiger partial charge in [-0.05, 0) is 57.3 Å². The number of hydrogen-bond acceptors (Lipinski definition) is 3. The van der Waals surface area contributed by atoms with Crippen LogP contribution < -0.4 is 0 Å². The van der Waals surface area contributed by atoms with E-state index in [1.54, 1.807) is 0 Å². The molecule has 1 aliphatic carbocycles. The van der Waals surface area contributed by atoms with Crippen LogP contribution in [0.4, 0.5) is 0 Å². The molecule has 1 aliphatic rings. The van der Waals surface area contributed by atoms with Crippen LogP contribution in [0.15, 0.2) is 0 Å². The van der Waals surface area contributed by atoms with Gasteiger partial charge in [-0.1, -0.05) is 98.3 Å².